The summed E-state index contributed by atoms with van der Waals surface area (Å²) < 4.78 is 59.6. The van der Waals surface area contributed by atoms with Gasteiger partial charge in [0.15, 0.2) is 0 Å². The molecule has 186 valence electrons. The van der Waals surface area contributed by atoms with Gasteiger partial charge in [-0.1, -0.05) is 17.7 Å². The van der Waals surface area contributed by atoms with Crippen LogP contribution in [0.2, 0.25) is 0 Å². The Morgan fingerprint density at radius 1 is 0.882 bits per heavy atom. The molecular weight excluding hydrogens is 482 g/mol. The van der Waals surface area contributed by atoms with Gasteiger partial charge in [-0.15, -0.1) is 0 Å². The average molecular weight is 512 g/mol. The SMILES string of the molecule is COC(=O)C(CCCCNS(=O)(=O)c1ccc(NC(C)=O)cc1)NS(=O)(=O)c1ccc(C)cc1. The number of esters is 1. The number of anilines is 1. The standard InChI is InChI=1S/C22H29N3O7S2/c1-16-7-11-20(12-8-16)34(30,31)25-21(22(27)32-3)6-4-5-15-23-33(28,29)19-13-9-18(10-14-19)24-17(2)26/h7-14,21,23,25H,4-6,15H2,1-3H3,(H,24,26). The highest BCUT2D eigenvalue weighted by Crippen LogP contribution is 2.15. The van der Waals surface area contributed by atoms with Crippen LogP contribution in [0.15, 0.2) is 58.3 Å². The molecule has 0 fully saturated rings. The van der Waals surface area contributed by atoms with E-state index in [1.54, 1.807) is 12.1 Å². The average Bonchev–Trinajstić information content (AvgIpc) is 2.77. The largest absolute Gasteiger partial charge is 0.468 e. The van der Waals surface area contributed by atoms with Crippen molar-refractivity contribution in [1.82, 2.24) is 9.44 Å². The molecule has 0 aliphatic rings. The molecule has 0 spiro atoms. The predicted molar refractivity (Wildman–Crippen MR) is 127 cm³/mol. The molecule has 12 heteroatoms. The fourth-order valence-corrected chi connectivity index (χ4v) is 5.32. The lowest BCUT2D eigenvalue weighted by Crippen LogP contribution is -2.41. The lowest BCUT2D eigenvalue weighted by Gasteiger charge is -2.17. The van der Waals surface area contributed by atoms with Crippen molar-refractivity contribution in [3.05, 3.63) is 54.1 Å². The molecular formula is C22H29N3O7S2. The third-order valence-corrected chi connectivity index (χ3v) is 7.78. The molecule has 0 saturated heterocycles. The predicted octanol–water partition coefficient (Wildman–Crippen LogP) is 1.92. The summed E-state index contributed by atoms with van der Waals surface area (Å²) in [6.07, 6.45) is 0.855. The van der Waals surface area contributed by atoms with Crippen LogP contribution in [0.5, 0.6) is 0 Å². The molecule has 1 atom stereocenters. The Kier molecular flexibility index (Phi) is 9.74. The normalized spacial score (nSPS) is 12.7. The minimum absolute atomic E-state index is 0.0317. The number of hydrogen-bond donors (Lipinski definition) is 3. The second-order valence-corrected chi connectivity index (χ2v) is 11.1. The first-order chi connectivity index (χ1) is 15.9. The first-order valence-electron chi connectivity index (χ1n) is 10.5. The van der Waals surface area contributed by atoms with Gasteiger partial charge in [0.05, 0.1) is 16.9 Å². The molecule has 10 nitrogen and oxygen atoms in total. The van der Waals surface area contributed by atoms with Gasteiger partial charge in [0.25, 0.3) is 0 Å². The van der Waals surface area contributed by atoms with Crippen LogP contribution >= 0.6 is 0 Å². The first kappa shape index (κ1) is 27.4. The molecule has 0 saturated carbocycles. The van der Waals surface area contributed by atoms with Crippen molar-refractivity contribution in [2.75, 3.05) is 19.0 Å². The van der Waals surface area contributed by atoms with E-state index in [4.69, 9.17) is 4.74 Å². The smallest absolute Gasteiger partial charge is 0.323 e. The summed E-state index contributed by atoms with van der Waals surface area (Å²) in [6, 6.07) is 10.8. The van der Waals surface area contributed by atoms with Crippen LogP contribution in [-0.4, -0.2) is 48.4 Å². The van der Waals surface area contributed by atoms with E-state index in [2.05, 4.69) is 14.8 Å². The summed E-state index contributed by atoms with van der Waals surface area (Å²) in [5, 5.41) is 2.56. The second-order valence-electron chi connectivity index (χ2n) is 7.61. The van der Waals surface area contributed by atoms with Gasteiger partial charge < -0.3 is 10.1 Å². The molecule has 1 unspecified atom stereocenters. The Morgan fingerprint density at radius 2 is 1.44 bits per heavy atom. The van der Waals surface area contributed by atoms with Gasteiger partial charge in [0, 0.05) is 19.2 Å². The number of rotatable bonds is 12. The van der Waals surface area contributed by atoms with Crippen molar-refractivity contribution >= 4 is 37.6 Å². The van der Waals surface area contributed by atoms with E-state index in [1.807, 2.05) is 6.92 Å². The van der Waals surface area contributed by atoms with E-state index in [1.165, 1.54) is 50.4 Å². The van der Waals surface area contributed by atoms with Gasteiger partial charge in [0.1, 0.15) is 6.04 Å². The molecule has 2 rings (SSSR count). The third-order valence-electron chi connectivity index (χ3n) is 4.81. The number of unbranched alkanes of at least 4 members (excludes halogenated alkanes) is 1. The van der Waals surface area contributed by atoms with Crippen LogP contribution in [0.1, 0.15) is 31.7 Å². The number of carbonyl (C=O) groups is 2. The van der Waals surface area contributed by atoms with Crippen molar-refractivity contribution < 1.29 is 31.2 Å². The molecule has 0 heterocycles. The molecule has 0 bridgehead atoms. The van der Waals surface area contributed by atoms with Crippen LogP contribution in [0, 0.1) is 6.92 Å². The zero-order valence-electron chi connectivity index (χ0n) is 19.2. The summed E-state index contributed by atoms with van der Waals surface area (Å²) in [6.45, 7) is 3.27. The molecule has 0 aromatic heterocycles. The fraction of sp³-hybridized carbons (Fsp3) is 0.364. The van der Waals surface area contributed by atoms with Crippen LogP contribution < -0.4 is 14.8 Å². The first-order valence-corrected chi connectivity index (χ1v) is 13.5. The maximum Gasteiger partial charge on any atom is 0.323 e. The number of amides is 1. The highest BCUT2D eigenvalue weighted by Gasteiger charge is 2.26. The molecule has 34 heavy (non-hydrogen) atoms. The number of hydrogen-bond acceptors (Lipinski definition) is 7. The zero-order valence-corrected chi connectivity index (χ0v) is 20.8. The molecule has 0 radical (unpaired) electrons. The number of sulfonamides is 2. The van der Waals surface area contributed by atoms with Crippen LogP contribution in [0.4, 0.5) is 5.69 Å². The van der Waals surface area contributed by atoms with Gasteiger partial charge >= 0.3 is 5.97 Å². The highest BCUT2D eigenvalue weighted by atomic mass is 32.2. The second kappa shape index (κ2) is 12.1. The van der Waals surface area contributed by atoms with Crippen molar-refractivity contribution in [2.45, 2.75) is 48.9 Å². The van der Waals surface area contributed by atoms with Gasteiger partial charge in [0.2, 0.25) is 26.0 Å². The molecule has 1 amide bonds. The Balaban J connectivity index is 1.90. The van der Waals surface area contributed by atoms with Crippen molar-refractivity contribution in [1.29, 1.82) is 0 Å². The molecule has 2 aromatic carbocycles. The Morgan fingerprint density at radius 3 is 2.00 bits per heavy atom. The van der Waals surface area contributed by atoms with Gasteiger partial charge in [-0.25, -0.2) is 21.6 Å². The summed E-state index contributed by atoms with van der Waals surface area (Å²) >= 11 is 0. The van der Waals surface area contributed by atoms with Gasteiger partial charge in [-0.3, -0.25) is 9.59 Å². The molecule has 0 aliphatic heterocycles. The van der Waals surface area contributed by atoms with Crippen molar-refractivity contribution in [2.24, 2.45) is 0 Å². The monoisotopic (exact) mass is 511 g/mol. The van der Waals surface area contributed by atoms with E-state index in [-0.39, 0.29) is 28.7 Å². The van der Waals surface area contributed by atoms with Crippen LogP contribution in [-0.2, 0) is 34.4 Å². The maximum absolute atomic E-state index is 12.6. The Hall–Kier alpha value is -2.80. The molecule has 2 aromatic rings. The van der Waals surface area contributed by atoms with E-state index in [9.17, 15) is 26.4 Å². The Bertz CT molecular complexity index is 1190. The lowest BCUT2D eigenvalue weighted by atomic mass is 10.1. The number of methoxy groups -OCH3 is 1. The maximum atomic E-state index is 12.6. The van der Waals surface area contributed by atoms with Crippen LogP contribution in [0.3, 0.4) is 0 Å². The van der Waals surface area contributed by atoms with E-state index >= 15 is 0 Å². The summed E-state index contributed by atoms with van der Waals surface area (Å²) in [5.41, 5.74) is 1.38. The number of ether oxygens (including phenoxy) is 1. The third kappa shape index (κ3) is 8.20. The molecule has 0 aliphatic carbocycles. The summed E-state index contributed by atoms with van der Waals surface area (Å²) in [5.74, 6) is -0.990. The number of aryl methyl sites for hydroxylation is 1. The zero-order chi connectivity index (χ0) is 25.4. The Labute approximate surface area is 200 Å². The van der Waals surface area contributed by atoms with E-state index in [0.717, 1.165) is 5.56 Å². The van der Waals surface area contributed by atoms with Crippen molar-refractivity contribution in [3.8, 4) is 0 Å². The minimum Gasteiger partial charge on any atom is -0.468 e. The fourth-order valence-electron chi connectivity index (χ4n) is 3.02. The summed E-state index contributed by atoms with van der Waals surface area (Å²) in [4.78, 5) is 23.2. The summed E-state index contributed by atoms with van der Waals surface area (Å²) in [7, 11) is -6.53. The number of nitrogens with one attached hydrogen (secondary N) is 3. The minimum atomic E-state index is -3.93. The lowest BCUT2D eigenvalue weighted by molar-refractivity contribution is -0.142. The van der Waals surface area contributed by atoms with Crippen LogP contribution in [0.25, 0.3) is 0 Å². The van der Waals surface area contributed by atoms with E-state index < -0.39 is 32.1 Å². The molecule has 3 N–H and O–H groups in total. The highest BCUT2D eigenvalue weighted by molar-refractivity contribution is 7.89. The number of benzene rings is 2. The van der Waals surface area contributed by atoms with E-state index in [0.29, 0.717) is 18.5 Å². The van der Waals surface area contributed by atoms with Gasteiger partial charge in [-0.05, 0) is 62.6 Å². The van der Waals surface area contributed by atoms with Crippen molar-refractivity contribution in [3.63, 3.8) is 0 Å². The topological polar surface area (TPSA) is 148 Å². The number of carbonyl (C=O) groups excluding carboxylic acids is 2. The quantitative estimate of drug-likeness (QED) is 0.291. The van der Waals surface area contributed by atoms with Gasteiger partial charge in [-0.2, -0.15) is 4.72 Å².